The molecule has 4 heterocycles. The summed E-state index contributed by atoms with van der Waals surface area (Å²) in [5, 5.41) is 0. The molecule has 164 valence electrons. The first-order chi connectivity index (χ1) is 15.2. The monoisotopic (exact) mass is 423 g/mol. The number of aromatic nitrogens is 1. The molecule has 1 aromatic heterocycles. The van der Waals surface area contributed by atoms with Crippen LogP contribution in [0.3, 0.4) is 0 Å². The Labute approximate surface area is 182 Å². The van der Waals surface area contributed by atoms with Crippen LogP contribution in [0.2, 0.25) is 0 Å². The lowest BCUT2D eigenvalue weighted by atomic mass is 9.79. The van der Waals surface area contributed by atoms with Gasteiger partial charge in [0, 0.05) is 32.4 Å². The molecule has 7 nitrogen and oxygen atoms in total. The number of amides is 1. The highest BCUT2D eigenvalue weighted by molar-refractivity contribution is 5.94. The van der Waals surface area contributed by atoms with Gasteiger partial charge in [-0.25, -0.2) is 4.98 Å². The third kappa shape index (κ3) is 3.88. The highest BCUT2D eigenvalue weighted by Crippen LogP contribution is 2.42. The molecule has 0 atom stereocenters. The molecule has 1 amide bonds. The first-order valence-corrected chi connectivity index (χ1v) is 11.1. The van der Waals surface area contributed by atoms with Crippen LogP contribution in [-0.4, -0.2) is 68.9 Å². The largest absolute Gasteiger partial charge is 0.497 e. The minimum Gasteiger partial charge on any atom is -0.497 e. The van der Waals surface area contributed by atoms with Gasteiger partial charge >= 0.3 is 0 Å². The van der Waals surface area contributed by atoms with E-state index in [-0.39, 0.29) is 11.5 Å². The zero-order chi connectivity index (χ0) is 21.3. The smallest absolute Gasteiger partial charge is 0.255 e. The second-order valence-corrected chi connectivity index (χ2v) is 8.41. The first kappa shape index (κ1) is 20.3. The van der Waals surface area contributed by atoms with Crippen molar-refractivity contribution in [2.45, 2.75) is 24.9 Å². The van der Waals surface area contributed by atoms with Gasteiger partial charge in [0.25, 0.3) is 5.91 Å². The number of piperidine rings is 1. The Kier molecular flexibility index (Phi) is 5.54. The predicted molar refractivity (Wildman–Crippen MR) is 117 cm³/mol. The van der Waals surface area contributed by atoms with Crippen LogP contribution in [0.25, 0.3) is 0 Å². The van der Waals surface area contributed by atoms with Crippen LogP contribution in [0, 0.1) is 0 Å². The number of methoxy groups -OCH3 is 1. The Morgan fingerprint density at radius 2 is 1.87 bits per heavy atom. The topological polar surface area (TPSA) is 64.1 Å². The summed E-state index contributed by atoms with van der Waals surface area (Å²) in [5.41, 5.74) is 2.90. The number of ether oxygens (including phenoxy) is 3. The van der Waals surface area contributed by atoms with E-state index in [2.05, 4.69) is 22.0 Å². The van der Waals surface area contributed by atoms with Gasteiger partial charge in [-0.1, -0.05) is 6.07 Å². The first-order valence-electron chi connectivity index (χ1n) is 11.1. The number of morpholine rings is 1. The normalized spacial score (nSPS) is 20.4. The van der Waals surface area contributed by atoms with E-state index in [0.29, 0.717) is 25.3 Å². The molecule has 2 aromatic rings. The Balaban J connectivity index is 1.26. The number of carbonyl (C=O) groups is 1. The minimum absolute atomic E-state index is 0.0432. The molecule has 2 fully saturated rings. The number of hydrogen-bond acceptors (Lipinski definition) is 6. The third-order valence-electron chi connectivity index (χ3n) is 6.74. The van der Waals surface area contributed by atoms with Crippen molar-refractivity contribution in [3.63, 3.8) is 0 Å². The second-order valence-electron chi connectivity index (χ2n) is 8.41. The zero-order valence-corrected chi connectivity index (χ0v) is 18.0. The lowest BCUT2D eigenvalue weighted by Crippen LogP contribution is -2.48. The van der Waals surface area contributed by atoms with Crippen molar-refractivity contribution in [2.75, 3.05) is 58.0 Å². The average Bonchev–Trinajstić information content (AvgIpc) is 2.85. The molecule has 31 heavy (non-hydrogen) atoms. The summed E-state index contributed by atoms with van der Waals surface area (Å²) in [6, 6.07) is 10.1. The van der Waals surface area contributed by atoms with Crippen LogP contribution in [0.1, 0.15) is 34.3 Å². The number of pyridine rings is 1. The summed E-state index contributed by atoms with van der Waals surface area (Å²) < 4.78 is 17.1. The number of fused-ring (bicyclic) bond motifs is 2. The molecule has 0 saturated carbocycles. The van der Waals surface area contributed by atoms with E-state index in [0.717, 1.165) is 57.1 Å². The van der Waals surface area contributed by atoms with Gasteiger partial charge in [0.15, 0.2) is 0 Å². The SMILES string of the molecule is COc1ccc2c(c1)CCOC21CCN(C(=O)c2ccc(N3CCOCC3)nc2)CC1. The Morgan fingerprint density at radius 1 is 1.06 bits per heavy atom. The van der Waals surface area contributed by atoms with E-state index in [9.17, 15) is 4.79 Å². The molecule has 2 saturated heterocycles. The molecular weight excluding hydrogens is 394 g/mol. The maximum absolute atomic E-state index is 13.1. The van der Waals surface area contributed by atoms with E-state index in [4.69, 9.17) is 14.2 Å². The lowest BCUT2D eigenvalue weighted by molar-refractivity contribution is -0.0935. The number of likely N-dealkylation sites (tertiary alicyclic amines) is 1. The Bertz CT molecular complexity index is 932. The number of benzene rings is 1. The van der Waals surface area contributed by atoms with Crippen molar-refractivity contribution in [2.24, 2.45) is 0 Å². The van der Waals surface area contributed by atoms with E-state index >= 15 is 0 Å². The van der Waals surface area contributed by atoms with Gasteiger partial charge in [-0.15, -0.1) is 0 Å². The molecule has 0 unspecified atom stereocenters. The summed E-state index contributed by atoms with van der Waals surface area (Å²) in [6.45, 7) is 5.17. The summed E-state index contributed by atoms with van der Waals surface area (Å²) in [7, 11) is 1.70. The van der Waals surface area contributed by atoms with E-state index in [1.54, 1.807) is 13.3 Å². The maximum atomic E-state index is 13.1. The van der Waals surface area contributed by atoms with E-state index in [1.165, 1.54) is 11.1 Å². The highest BCUT2D eigenvalue weighted by atomic mass is 16.5. The van der Waals surface area contributed by atoms with Crippen LogP contribution >= 0.6 is 0 Å². The standard InChI is InChI=1S/C24H29N3O4/c1-29-20-3-4-21-18(16-20)6-13-31-24(21)7-9-27(10-8-24)23(28)19-2-5-22(25-17-19)26-11-14-30-15-12-26/h2-5,16-17H,6-15H2,1H3. The van der Waals surface area contributed by atoms with Gasteiger partial charge in [0.1, 0.15) is 11.6 Å². The molecule has 3 aliphatic heterocycles. The number of carbonyl (C=O) groups excluding carboxylic acids is 1. The average molecular weight is 424 g/mol. The molecule has 0 bridgehead atoms. The molecule has 0 N–H and O–H groups in total. The Morgan fingerprint density at radius 3 is 2.58 bits per heavy atom. The molecule has 5 rings (SSSR count). The van der Waals surface area contributed by atoms with E-state index < -0.39 is 0 Å². The fourth-order valence-corrected chi connectivity index (χ4v) is 4.94. The molecular formula is C24H29N3O4. The molecule has 3 aliphatic rings. The van der Waals surface area contributed by atoms with Crippen LogP contribution in [-0.2, 0) is 21.5 Å². The van der Waals surface area contributed by atoms with Crippen molar-refractivity contribution in [1.29, 1.82) is 0 Å². The molecule has 7 heteroatoms. The minimum atomic E-state index is -0.297. The predicted octanol–water partition coefficient (Wildman–Crippen LogP) is 2.63. The number of hydrogen-bond donors (Lipinski definition) is 0. The van der Waals surface area contributed by atoms with Gasteiger partial charge in [-0.05, 0) is 54.7 Å². The van der Waals surface area contributed by atoms with Gasteiger partial charge in [-0.3, -0.25) is 4.79 Å². The number of nitrogens with zero attached hydrogens (tertiary/aromatic N) is 3. The Hall–Kier alpha value is -2.64. The fraction of sp³-hybridized carbons (Fsp3) is 0.500. The summed E-state index contributed by atoms with van der Waals surface area (Å²) >= 11 is 0. The zero-order valence-electron chi connectivity index (χ0n) is 18.0. The summed E-state index contributed by atoms with van der Waals surface area (Å²) in [4.78, 5) is 21.7. The third-order valence-corrected chi connectivity index (χ3v) is 6.74. The maximum Gasteiger partial charge on any atom is 0.255 e. The highest BCUT2D eigenvalue weighted by Gasteiger charge is 2.41. The molecule has 1 aromatic carbocycles. The van der Waals surface area contributed by atoms with Crippen molar-refractivity contribution in [1.82, 2.24) is 9.88 Å². The summed E-state index contributed by atoms with van der Waals surface area (Å²) in [5.74, 6) is 1.83. The van der Waals surface area contributed by atoms with Crippen molar-refractivity contribution >= 4 is 11.7 Å². The number of anilines is 1. The van der Waals surface area contributed by atoms with Gasteiger partial charge in [0.2, 0.25) is 0 Å². The summed E-state index contributed by atoms with van der Waals surface area (Å²) in [6.07, 6.45) is 4.21. The van der Waals surface area contributed by atoms with Gasteiger partial charge < -0.3 is 24.0 Å². The fourth-order valence-electron chi connectivity index (χ4n) is 4.94. The van der Waals surface area contributed by atoms with E-state index in [1.807, 2.05) is 23.1 Å². The van der Waals surface area contributed by atoms with Crippen molar-refractivity contribution in [3.05, 3.63) is 53.2 Å². The molecule has 0 radical (unpaired) electrons. The molecule has 0 aliphatic carbocycles. The van der Waals surface area contributed by atoms with Crippen LogP contribution in [0.5, 0.6) is 5.75 Å². The van der Waals surface area contributed by atoms with Gasteiger partial charge in [0.05, 0.1) is 38.1 Å². The van der Waals surface area contributed by atoms with Crippen molar-refractivity contribution < 1.29 is 19.0 Å². The van der Waals surface area contributed by atoms with Crippen LogP contribution in [0.15, 0.2) is 36.5 Å². The molecule has 1 spiro atoms. The van der Waals surface area contributed by atoms with Crippen molar-refractivity contribution in [3.8, 4) is 5.75 Å². The quantitative estimate of drug-likeness (QED) is 0.756. The van der Waals surface area contributed by atoms with Crippen LogP contribution in [0.4, 0.5) is 5.82 Å². The lowest BCUT2D eigenvalue weighted by Gasteiger charge is -2.45. The number of rotatable bonds is 3. The second kappa shape index (κ2) is 8.48. The van der Waals surface area contributed by atoms with Crippen LogP contribution < -0.4 is 9.64 Å². The van der Waals surface area contributed by atoms with Gasteiger partial charge in [-0.2, -0.15) is 0 Å².